The molecule has 0 spiro atoms. The largest absolute Gasteiger partial charge is 0.497 e. The fraction of sp³-hybridized carbons (Fsp3) is 0.333. The molecule has 1 heterocycles. The summed E-state index contributed by atoms with van der Waals surface area (Å²) in [6.45, 7) is 0. The second-order valence-corrected chi connectivity index (χ2v) is 9.72. The van der Waals surface area contributed by atoms with E-state index in [1.807, 2.05) is 42.5 Å². The number of aryl methyl sites for hydroxylation is 1. The number of unbranched alkanes of at least 4 members (excludes halogenated alkanes) is 1. The van der Waals surface area contributed by atoms with Gasteiger partial charge in [-0.3, -0.25) is 9.59 Å². The molecule has 1 aromatic carbocycles. The van der Waals surface area contributed by atoms with Gasteiger partial charge in [0.1, 0.15) is 16.6 Å². The summed E-state index contributed by atoms with van der Waals surface area (Å²) in [7, 11) is 1.63. The molecule has 1 aliphatic carbocycles. The molecule has 1 aromatic heterocycles. The zero-order valence-electron chi connectivity index (χ0n) is 21.0. The zero-order valence-corrected chi connectivity index (χ0v) is 21.9. The summed E-state index contributed by atoms with van der Waals surface area (Å²) in [5.74, 6) is 0.770. The summed E-state index contributed by atoms with van der Waals surface area (Å²) >= 11 is 1.39. The van der Waals surface area contributed by atoms with Gasteiger partial charge in [0.15, 0.2) is 0 Å². The van der Waals surface area contributed by atoms with Gasteiger partial charge in [-0.15, -0.1) is 10.2 Å². The minimum atomic E-state index is -0.178. The molecule has 1 aliphatic rings. The number of benzene rings is 1. The first-order valence-electron chi connectivity index (χ1n) is 12.2. The monoisotopic (exact) mass is 522 g/mol. The molecule has 0 bridgehead atoms. The molecule has 0 radical (unpaired) electrons. The number of nitrogens with one attached hydrogen (secondary N) is 2. The van der Waals surface area contributed by atoms with Crippen molar-refractivity contribution >= 4 is 28.3 Å². The molecule has 6 N–H and O–H groups in total. The van der Waals surface area contributed by atoms with E-state index in [0.29, 0.717) is 23.7 Å². The van der Waals surface area contributed by atoms with E-state index in [1.54, 1.807) is 19.3 Å². The third-order valence-electron chi connectivity index (χ3n) is 5.57. The number of anilines is 1. The number of hydrogen-bond donors (Lipinski definition) is 4. The average Bonchev–Trinajstić information content (AvgIpc) is 3.32. The van der Waals surface area contributed by atoms with Crippen molar-refractivity contribution in [2.45, 2.75) is 51.4 Å². The molecule has 10 heteroatoms. The van der Waals surface area contributed by atoms with Crippen LogP contribution in [0.1, 0.15) is 49.1 Å². The quantitative estimate of drug-likeness (QED) is 0.231. The van der Waals surface area contributed by atoms with E-state index in [4.69, 9.17) is 16.2 Å². The molecule has 37 heavy (non-hydrogen) atoms. The van der Waals surface area contributed by atoms with Gasteiger partial charge in [-0.05, 0) is 62.0 Å². The van der Waals surface area contributed by atoms with Crippen LogP contribution in [0.4, 0.5) is 5.13 Å². The maximum absolute atomic E-state index is 12.3. The number of rotatable bonds is 13. The van der Waals surface area contributed by atoms with Crippen LogP contribution in [0.2, 0.25) is 0 Å². The third-order valence-corrected chi connectivity index (χ3v) is 6.47. The Bertz CT molecular complexity index is 1180. The molecule has 0 aliphatic heterocycles. The van der Waals surface area contributed by atoms with E-state index >= 15 is 0 Å². The van der Waals surface area contributed by atoms with Gasteiger partial charge in [-0.1, -0.05) is 47.2 Å². The molecule has 0 unspecified atom stereocenters. The van der Waals surface area contributed by atoms with Crippen LogP contribution in [0.15, 0.2) is 77.5 Å². The smallest absolute Gasteiger partial charge is 0.230 e. The molecule has 0 fully saturated rings. The maximum atomic E-state index is 12.3. The highest BCUT2D eigenvalue weighted by atomic mass is 32.1. The summed E-state index contributed by atoms with van der Waals surface area (Å²) < 4.78 is 5.24. The van der Waals surface area contributed by atoms with Crippen LogP contribution in [0.5, 0.6) is 0 Å². The number of allylic oxidation sites excluding steroid dienone is 5. The topological polar surface area (TPSA) is 145 Å². The van der Waals surface area contributed by atoms with Crippen LogP contribution in [-0.2, 0) is 27.2 Å². The molecule has 196 valence electrons. The highest BCUT2D eigenvalue weighted by Gasteiger charge is 2.13. The number of nitrogens with two attached hydrogens (primary N) is 2. The molecule has 2 aromatic rings. The summed E-state index contributed by atoms with van der Waals surface area (Å²) in [5, 5.41) is 15.1. The fourth-order valence-electron chi connectivity index (χ4n) is 3.70. The molecule has 0 saturated heterocycles. The Morgan fingerprint density at radius 1 is 1.08 bits per heavy atom. The number of methoxy groups -OCH3 is 1. The first kappa shape index (κ1) is 27.7. The van der Waals surface area contributed by atoms with Gasteiger partial charge in [-0.2, -0.15) is 0 Å². The first-order chi connectivity index (χ1) is 17.9. The predicted octanol–water partition coefficient (Wildman–Crippen LogP) is 3.83. The van der Waals surface area contributed by atoms with Gasteiger partial charge in [-0.25, -0.2) is 0 Å². The lowest BCUT2D eigenvalue weighted by molar-refractivity contribution is -0.119. The van der Waals surface area contributed by atoms with Gasteiger partial charge in [0, 0.05) is 18.5 Å². The number of carbonyl (C=O) groups is 2. The Balaban J connectivity index is 1.34. The third kappa shape index (κ3) is 10.3. The van der Waals surface area contributed by atoms with Gasteiger partial charge in [0.05, 0.1) is 13.5 Å². The van der Waals surface area contributed by atoms with Crippen LogP contribution >= 0.6 is 11.3 Å². The normalized spacial score (nSPS) is 14.0. The molecule has 3 rings (SSSR count). The van der Waals surface area contributed by atoms with Gasteiger partial charge in [0.25, 0.3) is 0 Å². The van der Waals surface area contributed by atoms with Crippen molar-refractivity contribution in [3.8, 4) is 0 Å². The maximum Gasteiger partial charge on any atom is 0.230 e. The second-order valence-electron chi connectivity index (χ2n) is 8.66. The SMILES string of the molecule is COC1=CCCC(CC(=O)Nc2nnc(CCCC/C(N)=C/C=C(\N)NC(=O)Cc3ccccc3)s2)=C1. The van der Waals surface area contributed by atoms with Crippen LogP contribution in [-0.4, -0.2) is 29.1 Å². The Morgan fingerprint density at radius 3 is 2.68 bits per heavy atom. The van der Waals surface area contributed by atoms with E-state index in [9.17, 15) is 9.59 Å². The van der Waals surface area contributed by atoms with Crippen molar-refractivity contribution in [2.24, 2.45) is 11.5 Å². The van der Waals surface area contributed by atoms with Gasteiger partial charge in [0.2, 0.25) is 16.9 Å². The van der Waals surface area contributed by atoms with Crippen molar-refractivity contribution in [2.75, 3.05) is 12.4 Å². The molecule has 9 nitrogen and oxygen atoms in total. The lowest BCUT2D eigenvalue weighted by Crippen LogP contribution is -2.28. The molecule has 2 amide bonds. The van der Waals surface area contributed by atoms with Crippen molar-refractivity contribution in [3.63, 3.8) is 0 Å². The van der Waals surface area contributed by atoms with Crippen molar-refractivity contribution < 1.29 is 14.3 Å². The Labute approximate surface area is 221 Å². The van der Waals surface area contributed by atoms with Crippen LogP contribution in [0.3, 0.4) is 0 Å². The van der Waals surface area contributed by atoms with Crippen LogP contribution < -0.4 is 22.1 Å². The second kappa shape index (κ2) is 14.6. The standard InChI is InChI=1S/C27H34N6O3S/c1-36-22-12-7-10-20(16-22)18-25(35)31-27-33-32-26(37-27)13-6-5-11-21(28)14-15-23(29)30-24(34)17-19-8-3-2-4-9-19/h2-4,8-9,12,14-16H,5-7,10-11,13,17-18,28-29H2,1H3,(H,30,34)(H,31,33,35)/b21-14-,23-15+. The molecular weight excluding hydrogens is 488 g/mol. The van der Waals surface area contributed by atoms with E-state index < -0.39 is 0 Å². The lowest BCUT2D eigenvalue weighted by Gasteiger charge is -2.12. The summed E-state index contributed by atoms with van der Waals surface area (Å²) in [5.41, 5.74) is 14.6. The van der Waals surface area contributed by atoms with Crippen LogP contribution in [0.25, 0.3) is 0 Å². The number of carbonyl (C=O) groups excluding carboxylic acids is 2. The zero-order chi connectivity index (χ0) is 26.5. The number of aromatic nitrogens is 2. The Morgan fingerprint density at radius 2 is 1.89 bits per heavy atom. The van der Waals surface area contributed by atoms with E-state index in [2.05, 4.69) is 20.8 Å². The fourth-order valence-corrected chi connectivity index (χ4v) is 4.50. The summed E-state index contributed by atoms with van der Waals surface area (Å²) in [6, 6.07) is 9.46. The number of ether oxygens (including phenoxy) is 1. The minimum absolute atomic E-state index is 0.104. The molecular formula is C27H34N6O3S. The minimum Gasteiger partial charge on any atom is -0.497 e. The molecule has 0 atom stereocenters. The summed E-state index contributed by atoms with van der Waals surface area (Å²) in [6.07, 6.45) is 12.7. The molecule has 0 saturated carbocycles. The van der Waals surface area contributed by atoms with E-state index in [-0.39, 0.29) is 24.1 Å². The van der Waals surface area contributed by atoms with E-state index in [0.717, 1.165) is 54.0 Å². The highest BCUT2D eigenvalue weighted by molar-refractivity contribution is 7.15. The van der Waals surface area contributed by atoms with E-state index in [1.165, 1.54) is 11.3 Å². The Hall–Kier alpha value is -3.92. The Kier molecular flexibility index (Phi) is 10.9. The van der Waals surface area contributed by atoms with Crippen molar-refractivity contribution in [1.29, 1.82) is 0 Å². The summed E-state index contributed by atoms with van der Waals surface area (Å²) in [4.78, 5) is 24.4. The highest BCUT2D eigenvalue weighted by Crippen LogP contribution is 2.22. The predicted molar refractivity (Wildman–Crippen MR) is 146 cm³/mol. The van der Waals surface area contributed by atoms with Gasteiger partial charge >= 0.3 is 0 Å². The first-order valence-corrected chi connectivity index (χ1v) is 13.0. The van der Waals surface area contributed by atoms with Crippen molar-refractivity contribution in [1.82, 2.24) is 15.5 Å². The van der Waals surface area contributed by atoms with Crippen molar-refractivity contribution in [3.05, 3.63) is 88.1 Å². The van der Waals surface area contributed by atoms with Gasteiger partial charge < -0.3 is 26.8 Å². The number of nitrogens with zero attached hydrogens (tertiary/aromatic N) is 2. The van der Waals surface area contributed by atoms with Crippen LogP contribution in [0, 0.1) is 0 Å². The lowest BCUT2D eigenvalue weighted by atomic mass is 10.0. The number of hydrogen-bond acceptors (Lipinski definition) is 8. The average molecular weight is 523 g/mol. The number of amides is 2.